The van der Waals surface area contributed by atoms with Gasteiger partial charge in [0, 0.05) is 25.5 Å². The summed E-state index contributed by atoms with van der Waals surface area (Å²) in [7, 11) is 5.81. The van der Waals surface area contributed by atoms with E-state index in [2.05, 4.69) is 22.8 Å². The van der Waals surface area contributed by atoms with Gasteiger partial charge in [-0.3, -0.25) is 4.79 Å². The lowest BCUT2D eigenvalue weighted by Crippen LogP contribution is -2.38. The van der Waals surface area contributed by atoms with Crippen LogP contribution in [0.25, 0.3) is 0 Å². The second kappa shape index (κ2) is 8.34. The van der Waals surface area contributed by atoms with Gasteiger partial charge in [0.25, 0.3) is 0 Å². The van der Waals surface area contributed by atoms with Crippen LogP contribution in [0.4, 0.5) is 11.4 Å². The van der Waals surface area contributed by atoms with E-state index >= 15 is 0 Å². The molecule has 1 atom stereocenters. The second-order valence-electron chi connectivity index (χ2n) is 5.80. The minimum absolute atomic E-state index is 0.000958. The molecule has 0 aliphatic carbocycles. The SMILES string of the molecule is CNC(CCc1ccccc1)C(=O)Nc1ccc(N(C)C)cc1. The van der Waals surface area contributed by atoms with Crippen LogP contribution in [-0.4, -0.2) is 33.1 Å². The minimum atomic E-state index is -0.205. The van der Waals surface area contributed by atoms with Crippen LogP contribution in [0.2, 0.25) is 0 Å². The zero-order valence-electron chi connectivity index (χ0n) is 14.0. The maximum Gasteiger partial charge on any atom is 0.241 e. The summed E-state index contributed by atoms with van der Waals surface area (Å²) in [5, 5.41) is 6.08. The molecular weight excluding hydrogens is 286 g/mol. The highest BCUT2D eigenvalue weighted by Crippen LogP contribution is 2.16. The Morgan fingerprint density at radius 3 is 2.26 bits per heavy atom. The number of hydrogen-bond acceptors (Lipinski definition) is 3. The molecule has 2 rings (SSSR count). The van der Waals surface area contributed by atoms with Crippen molar-refractivity contribution in [3.63, 3.8) is 0 Å². The molecule has 0 fully saturated rings. The molecule has 0 bridgehead atoms. The standard InChI is InChI=1S/C19H25N3O/c1-20-18(14-9-15-7-5-4-6-8-15)19(23)21-16-10-12-17(13-11-16)22(2)3/h4-8,10-13,18,20H,9,14H2,1-3H3,(H,21,23). The number of likely N-dealkylation sites (N-methyl/N-ethyl adjacent to an activating group) is 1. The number of aryl methyl sites for hydroxylation is 1. The first kappa shape index (κ1) is 17.0. The predicted molar refractivity (Wildman–Crippen MR) is 97.0 cm³/mol. The van der Waals surface area contributed by atoms with Crippen LogP contribution in [0.15, 0.2) is 54.6 Å². The zero-order chi connectivity index (χ0) is 16.7. The van der Waals surface area contributed by atoms with Crippen molar-refractivity contribution >= 4 is 17.3 Å². The quantitative estimate of drug-likeness (QED) is 0.826. The summed E-state index contributed by atoms with van der Waals surface area (Å²) in [5.41, 5.74) is 3.17. The van der Waals surface area contributed by atoms with Crippen molar-refractivity contribution in [3.8, 4) is 0 Å². The van der Waals surface area contributed by atoms with Gasteiger partial charge in [-0.25, -0.2) is 0 Å². The van der Waals surface area contributed by atoms with E-state index in [4.69, 9.17) is 0 Å². The molecule has 0 heterocycles. The second-order valence-corrected chi connectivity index (χ2v) is 5.80. The Kier molecular flexibility index (Phi) is 6.18. The van der Waals surface area contributed by atoms with E-state index in [0.29, 0.717) is 0 Å². The molecule has 1 unspecified atom stereocenters. The van der Waals surface area contributed by atoms with E-state index in [9.17, 15) is 4.79 Å². The van der Waals surface area contributed by atoms with Crippen molar-refractivity contribution < 1.29 is 4.79 Å². The van der Waals surface area contributed by atoms with Gasteiger partial charge in [-0.1, -0.05) is 30.3 Å². The first-order valence-electron chi connectivity index (χ1n) is 7.89. The Balaban J connectivity index is 1.91. The summed E-state index contributed by atoms with van der Waals surface area (Å²) in [6, 6.07) is 17.9. The van der Waals surface area contributed by atoms with Crippen LogP contribution in [0, 0.1) is 0 Å². The molecule has 0 aliphatic rings. The summed E-state index contributed by atoms with van der Waals surface area (Å²) in [6.45, 7) is 0. The largest absolute Gasteiger partial charge is 0.378 e. The molecule has 0 radical (unpaired) electrons. The third-order valence-electron chi connectivity index (χ3n) is 3.88. The third kappa shape index (κ3) is 5.11. The molecule has 4 nitrogen and oxygen atoms in total. The van der Waals surface area contributed by atoms with Crippen LogP contribution in [0.3, 0.4) is 0 Å². The van der Waals surface area contributed by atoms with Crippen molar-refractivity contribution in [1.82, 2.24) is 5.32 Å². The van der Waals surface area contributed by atoms with Gasteiger partial charge in [-0.2, -0.15) is 0 Å². The lowest BCUT2D eigenvalue weighted by atomic mass is 10.0. The molecule has 0 spiro atoms. The highest BCUT2D eigenvalue weighted by Gasteiger charge is 2.16. The fourth-order valence-corrected chi connectivity index (χ4v) is 2.43. The van der Waals surface area contributed by atoms with Crippen molar-refractivity contribution in [2.45, 2.75) is 18.9 Å². The van der Waals surface area contributed by atoms with E-state index in [1.807, 2.05) is 68.5 Å². The molecule has 2 N–H and O–H groups in total. The van der Waals surface area contributed by atoms with Gasteiger partial charge in [0.15, 0.2) is 0 Å². The molecular formula is C19H25N3O. The van der Waals surface area contributed by atoms with E-state index in [1.54, 1.807) is 0 Å². The Morgan fingerprint density at radius 2 is 1.70 bits per heavy atom. The highest BCUT2D eigenvalue weighted by molar-refractivity contribution is 5.94. The Morgan fingerprint density at radius 1 is 1.04 bits per heavy atom. The highest BCUT2D eigenvalue weighted by atomic mass is 16.2. The molecule has 2 aromatic rings. The van der Waals surface area contributed by atoms with E-state index in [0.717, 1.165) is 24.2 Å². The van der Waals surface area contributed by atoms with Crippen molar-refractivity contribution in [3.05, 3.63) is 60.2 Å². The summed E-state index contributed by atoms with van der Waals surface area (Å²) in [4.78, 5) is 14.4. The maximum atomic E-state index is 12.4. The lowest BCUT2D eigenvalue weighted by molar-refractivity contribution is -0.118. The molecule has 122 valence electrons. The van der Waals surface area contributed by atoms with E-state index < -0.39 is 0 Å². The van der Waals surface area contributed by atoms with Crippen LogP contribution >= 0.6 is 0 Å². The van der Waals surface area contributed by atoms with Crippen LogP contribution in [-0.2, 0) is 11.2 Å². The Labute approximate surface area is 138 Å². The predicted octanol–water partition coefficient (Wildman–Crippen LogP) is 2.91. The number of carbonyl (C=O) groups is 1. The normalized spacial score (nSPS) is 11.8. The molecule has 0 saturated carbocycles. The molecule has 0 saturated heterocycles. The van der Waals surface area contributed by atoms with Crippen molar-refractivity contribution in [1.29, 1.82) is 0 Å². The number of hydrogen-bond donors (Lipinski definition) is 2. The maximum absolute atomic E-state index is 12.4. The van der Waals surface area contributed by atoms with E-state index in [1.165, 1.54) is 5.56 Å². The topological polar surface area (TPSA) is 44.4 Å². The monoisotopic (exact) mass is 311 g/mol. The fourth-order valence-electron chi connectivity index (χ4n) is 2.43. The van der Waals surface area contributed by atoms with Gasteiger partial charge in [-0.05, 0) is 49.7 Å². The number of benzene rings is 2. The number of anilines is 2. The van der Waals surface area contributed by atoms with Crippen LogP contribution in [0.1, 0.15) is 12.0 Å². The number of nitrogens with one attached hydrogen (secondary N) is 2. The number of amides is 1. The van der Waals surface area contributed by atoms with Gasteiger partial charge in [0.05, 0.1) is 6.04 Å². The first-order chi connectivity index (χ1) is 11.1. The lowest BCUT2D eigenvalue weighted by Gasteiger charge is -2.17. The van der Waals surface area contributed by atoms with Gasteiger partial charge >= 0.3 is 0 Å². The fraction of sp³-hybridized carbons (Fsp3) is 0.316. The summed E-state index contributed by atoms with van der Waals surface area (Å²) < 4.78 is 0. The average molecular weight is 311 g/mol. The number of nitrogens with zero attached hydrogens (tertiary/aromatic N) is 1. The minimum Gasteiger partial charge on any atom is -0.378 e. The van der Waals surface area contributed by atoms with Gasteiger partial charge in [0.2, 0.25) is 5.91 Å². The molecule has 0 aliphatic heterocycles. The number of rotatable bonds is 7. The molecule has 1 amide bonds. The van der Waals surface area contributed by atoms with Gasteiger partial charge < -0.3 is 15.5 Å². The molecule has 23 heavy (non-hydrogen) atoms. The molecule has 0 aromatic heterocycles. The average Bonchev–Trinajstić information content (AvgIpc) is 2.57. The summed E-state index contributed by atoms with van der Waals surface area (Å²) in [5.74, 6) is 0.000958. The third-order valence-corrected chi connectivity index (χ3v) is 3.88. The summed E-state index contributed by atoms with van der Waals surface area (Å²) >= 11 is 0. The number of carbonyl (C=O) groups excluding carboxylic acids is 1. The van der Waals surface area contributed by atoms with Crippen LogP contribution in [0.5, 0.6) is 0 Å². The smallest absolute Gasteiger partial charge is 0.241 e. The Hall–Kier alpha value is -2.33. The molecule has 2 aromatic carbocycles. The summed E-state index contributed by atoms with van der Waals surface area (Å²) in [6.07, 6.45) is 1.64. The first-order valence-corrected chi connectivity index (χ1v) is 7.89. The van der Waals surface area contributed by atoms with Crippen molar-refractivity contribution in [2.24, 2.45) is 0 Å². The van der Waals surface area contributed by atoms with Crippen LogP contribution < -0.4 is 15.5 Å². The van der Waals surface area contributed by atoms with E-state index in [-0.39, 0.29) is 11.9 Å². The zero-order valence-corrected chi connectivity index (χ0v) is 14.0. The van der Waals surface area contributed by atoms with Gasteiger partial charge in [-0.15, -0.1) is 0 Å². The Bertz CT molecular complexity index is 608. The van der Waals surface area contributed by atoms with Gasteiger partial charge in [0.1, 0.15) is 0 Å². The molecule has 4 heteroatoms. The van der Waals surface area contributed by atoms with Crippen molar-refractivity contribution in [2.75, 3.05) is 31.4 Å².